The van der Waals surface area contributed by atoms with Gasteiger partial charge in [0, 0.05) is 54.2 Å². The molecule has 68 heavy (non-hydrogen) atoms. The predicted molar refractivity (Wildman–Crippen MR) is 297 cm³/mol. The van der Waals surface area contributed by atoms with Gasteiger partial charge >= 0.3 is 6.85 Å². The van der Waals surface area contributed by atoms with Gasteiger partial charge in [0.15, 0.2) is 0 Å². The van der Waals surface area contributed by atoms with E-state index in [1.54, 1.807) is 0 Å². The lowest BCUT2D eigenvalue weighted by molar-refractivity contribution is 0.332. The highest BCUT2D eigenvalue weighted by atomic mass is 32.1. The van der Waals surface area contributed by atoms with Gasteiger partial charge in [-0.3, -0.25) is 0 Å². The van der Waals surface area contributed by atoms with Gasteiger partial charge in [-0.05, 0) is 188 Å². The Morgan fingerprint density at radius 1 is 0.485 bits per heavy atom. The Hall–Kier alpha value is -5.58. The van der Waals surface area contributed by atoms with Gasteiger partial charge in [0.25, 0.3) is 0 Å². The molecule has 1 aromatic heterocycles. The zero-order valence-electron chi connectivity index (χ0n) is 42.8. The van der Waals surface area contributed by atoms with E-state index in [1.165, 1.54) is 146 Å². The minimum absolute atomic E-state index is 0.0405. The Bertz CT molecular complexity index is 3430. The van der Waals surface area contributed by atoms with Gasteiger partial charge in [-0.25, -0.2) is 0 Å². The molecule has 7 aromatic carbocycles. The molecule has 0 saturated carbocycles. The van der Waals surface area contributed by atoms with Crippen molar-refractivity contribution in [1.82, 2.24) is 0 Å². The van der Waals surface area contributed by atoms with Crippen molar-refractivity contribution in [2.24, 2.45) is 0 Å². The van der Waals surface area contributed by atoms with Crippen molar-refractivity contribution in [1.29, 1.82) is 0 Å². The molecule has 12 rings (SSSR count). The fourth-order valence-corrected chi connectivity index (χ4v) is 14.0. The van der Waals surface area contributed by atoms with Crippen LogP contribution in [0.4, 0.5) is 28.4 Å². The summed E-state index contributed by atoms with van der Waals surface area (Å²) in [5, 5.41) is 2.69. The molecule has 2 nitrogen and oxygen atoms in total. The molecule has 0 spiro atoms. The molecule has 0 amide bonds. The first-order chi connectivity index (χ1) is 32.1. The van der Waals surface area contributed by atoms with Crippen molar-refractivity contribution in [2.75, 3.05) is 9.71 Å². The number of thiophene rings is 1. The van der Waals surface area contributed by atoms with E-state index in [2.05, 4.69) is 221 Å². The summed E-state index contributed by atoms with van der Waals surface area (Å²) in [5.74, 6) is 0. The van der Waals surface area contributed by atoms with Crippen LogP contribution in [-0.4, -0.2) is 6.85 Å². The van der Waals surface area contributed by atoms with Crippen LogP contribution >= 0.6 is 11.3 Å². The molecule has 342 valence electrons. The van der Waals surface area contributed by atoms with Crippen molar-refractivity contribution < 1.29 is 0 Å². The van der Waals surface area contributed by atoms with Crippen molar-refractivity contribution in [3.05, 3.63) is 160 Å². The summed E-state index contributed by atoms with van der Waals surface area (Å²) in [6, 6.07) is 48.5. The zero-order valence-corrected chi connectivity index (χ0v) is 43.6. The standard InChI is InChI=1S/C64H67BN2S/c1-38-18-14-15-19-43(38)40-31-47-45-33-49-51(64(12,13)29-27-62(49,8)9)36-54(45)67(42-24-22-41(23-25-42)60(3,4)5)65-52-34-46-44-20-16-17-21-57(44)68-58(46)37-55(52)66(56(32-40)59(47)65)53-35-50-48(30-39(53)2)61(6,7)26-28-63(50,10)11/h14-25,30-37H,26-29H2,1-13H3. The minimum Gasteiger partial charge on any atom is -0.376 e. The van der Waals surface area contributed by atoms with E-state index in [4.69, 9.17) is 0 Å². The van der Waals surface area contributed by atoms with Gasteiger partial charge in [-0.15, -0.1) is 11.3 Å². The van der Waals surface area contributed by atoms with Gasteiger partial charge in [0.05, 0.1) is 0 Å². The molecule has 8 aromatic rings. The second kappa shape index (κ2) is 14.5. The van der Waals surface area contributed by atoms with Crippen LogP contribution in [0.2, 0.25) is 0 Å². The van der Waals surface area contributed by atoms with Gasteiger partial charge < -0.3 is 9.71 Å². The number of fused-ring (bicyclic) bond motifs is 9. The Balaban J connectivity index is 1.26. The second-order valence-electron chi connectivity index (χ2n) is 24.8. The molecule has 0 unspecified atom stereocenters. The molecule has 4 aliphatic rings. The highest BCUT2D eigenvalue weighted by Crippen LogP contribution is 2.56. The SMILES string of the molecule is Cc1ccccc1-c1cc2c3c(c1)N(c1cc4c(cc1C)C(C)(C)CCC4(C)C)c1cc4sc5ccccc5c4cc1B3N(c1ccc(C(C)(C)C)cc1)c1cc3c(cc1-2)C(C)(C)CCC3(C)C. The highest BCUT2D eigenvalue weighted by molar-refractivity contribution is 7.26. The number of nitrogens with zero attached hydrogens (tertiary/aromatic N) is 2. The molecule has 4 heteroatoms. The summed E-state index contributed by atoms with van der Waals surface area (Å²) in [6.45, 7) is 31.4. The summed E-state index contributed by atoms with van der Waals surface area (Å²) in [4.78, 5) is 5.49. The molecular weight excluding hydrogens is 840 g/mol. The van der Waals surface area contributed by atoms with Gasteiger partial charge in [-0.1, -0.05) is 143 Å². The smallest absolute Gasteiger partial charge is 0.333 e. The number of hydrogen-bond donors (Lipinski definition) is 0. The number of benzene rings is 7. The number of rotatable bonds is 3. The van der Waals surface area contributed by atoms with Crippen LogP contribution in [-0.2, 0) is 27.1 Å². The van der Waals surface area contributed by atoms with E-state index < -0.39 is 0 Å². The predicted octanol–water partition coefficient (Wildman–Crippen LogP) is 17.0. The highest BCUT2D eigenvalue weighted by Gasteiger charge is 2.48. The van der Waals surface area contributed by atoms with E-state index in [9.17, 15) is 0 Å². The Labute approximate surface area is 410 Å². The molecule has 2 aliphatic heterocycles. The van der Waals surface area contributed by atoms with Gasteiger partial charge in [0.1, 0.15) is 0 Å². The Kier molecular flexibility index (Phi) is 9.31. The van der Waals surface area contributed by atoms with Crippen LogP contribution in [0, 0.1) is 13.8 Å². The molecule has 0 radical (unpaired) electrons. The molecule has 3 heterocycles. The number of anilines is 5. The van der Waals surface area contributed by atoms with Crippen LogP contribution in [0.1, 0.15) is 141 Å². The molecule has 0 bridgehead atoms. The maximum absolute atomic E-state index is 2.76. The van der Waals surface area contributed by atoms with Crippen LogP contribution in [0.5, 0.6) is 0 Å². The maximum Gasteiger partial charge on any atom is 0.333 e. The summed E-state index contributed by atoms with van der Waals surface area (Å²) in [7, 11) is 0. The first-order valence-electron chi connectivity index (χ1n) is 25.4. The lowest BCUT2D eigenvalue weighted by Crippen LogP contribution is -2.61. The quantitative estimate of drug-likeness (QED) is 0.163. The first-order valence-corrected chi connectivity index (χ1v) is 26.2. The summed E-state index contributed by atoms with van der Waals surface area (Å²) in [5.41, 5.74) is 24.7. The normalized spacial score (nSPS) is 18.2. The average molecular weight is 907 g/mol. The van der Waals surface area contributed by atoms with E-state index in [0.717, 1.165) is 0 Å². The maximum atomic E-state index is 2.76. The molecular formula is C64H67BN2S. The number of hydrogen-bond acceptors (Lipinski definition) is 3. The molecule has 0 saturated heterocycles. The number of aryl methyl sites for hydroxylation is 2. The van der Waals surface area contributed by atoms with Crippen molar-refractivity contribution in [2.45, 2.75) is 143 Å². The zero-order chi connectivity index (χ0) is 47.6. The van der Waals surface area contributed by atoms with Crippen LogP contribution in [0.25, 0.3) is 42.4 Å². The first kappa shape index (κ1) is 43.7. The Morgan fingerprint density at radius 2 is 1.07 bits per heavy atom. The summed E-state index contributed by atoms with van der Waals surface area (Å²) in [6.07, 6.45) is 4.71. The van der Waals surface area contributed by atoms with Crippen LogP contribution in [0.3, 0.4) is 0 Å². The van der Waals surface area contributed by atoms with E-state index in [-0.39, 0.29) is 33.9 Å². The van der Waals surface area contributed by atoms with Crippen molar-refractivity contribution in [3.63, 3.8) is 0 Å². The lowest BCUT2D eigenvalue weighted by Gasteiger charge is -2.49. The van der Waals surface area contributed by atoms with Crippen molar-refractivity contribution >= 4 is 77.7 Å². The third kappa shape index (κ3) is 6.41. The molecule has 0 atom stereocenters. The molecule has 2 aliphatic carbocycles. The second-order valence-corrected chi connectivity index (χ2v) is 25.9. The van der Waals surface area contributed by atoms with E-state index in [1.807, 2.05) is 11.3 Å². The van der Waals surface area contributed by atoms with Crippen LogP contribution < -0.4 is 20.6 Å². The summed E-state index contributed by atoms with van der Waals surface area (Å²) >= 11 is 1.93. The van der Waals surface area contributed by atoms with Crippen molar-refractivity contribution in [3.8, 4) is 22.3 Å². The topological polar surface area (TPSA) is 6.48 Å². The van der Waals surface area contributed by atoms with Gasteiger partial charge in [-0.2, -0.15) is 0 Å². The molecule has 0 N–H and O–H groups in total. The third-order valence-electron chi connectivity index (χ3n) is 17.4. The monoisotopic (exact) mass is 907 g/mol. The third-order valence-corrected chi connectivity index (χ3v) is 18.5. The van der Waals surface area contributed by atoms with E-state index in [0.29, 0.717) is 0 Å². The average Bonchev–Trinajstić information content (AvgIpc) is 3.66. The minimum atomic E-state index is -0.0840. The molecule has 0 fully saturated rings. The van der Waals surface area contributed by atoms with Crippen LogP contribution in [0.15, 0.2) is 121 Å². The fourth-order valence-electron chi connectivity index (χ4n) is 12.9. The summed E-state index contributed by atoms with van der Waals surface area (Å²) < 4.78 is 2.67. The lowest BCUT2D eigenvalue weighted by atomic mass is 9.43. The van der Waals surface area contributed by atoms with E-state index >= 15 is 0 Å². The van der Waals surface area contributed by atoms with Gasteiger partial charge in [0.2, 0.25) is 0 Å². The largest absolute Gasteiger partial charge is 0.376 e. The fraction of sp³-hybridized carbons (Fsp3) is 0.344. The Morgan fingerprint density at radius 3 is 1.72 bits per heavy atom.